The molecule has 0 aliphatic heterocycles. The minimum Gasteiger partial charge on any atom is -0.345 e. The maximum atomic E-state index is 15.1. The van der Waals surface area contributed by atoms with Crippen molar-refractivity contribution in [1.29, 1.82) is 0 Å². The fourth-order valence-corrected chi connectivity index (χ4v) is 3.67. The highest BCUT2D eigenvalue weighted by atomic mass is 32.2. The number of aromatic nitrogens is 4. The first kappa shape index (κ1) is 21.5. The second-order valence-corrected chi connectivity index (χ2v) is 9.11. The lowest BCUT2D eigenvalue weighted by molar-refractivity contribution is 0.103. The molecule has 9 nitrogen and oxygen atoms in total. The number of rotatable bonds is 6. The number of nitrogens with one attached hydrogen (secondary N) is 2. The Morgan fingerprint density at radius 3 is 2.44 bits per heavy atom. The van der Waals surface area contributed by atoms with Gasteiger partial charge in [0.2, 0.25) is 0 Å². The molecule has 0 bridgehead atoms. The van der Waals surface area contributed by atoms with E-state index in [1.54, 1.807) is 31.6 Å². The van der Waals surface area contributed by atoms with Gasteiger partial charge >= 0.3 is 10.2 Å². The number of hydrogen-bond acceptors (Lipinski definition) is 6. The Hall–Kier alpha value is -3.70. The number of carbonyl (C=O) groups excluding carboxylic acids is 1. The number of anilines is 1. The maximum absolute atomic E-state index is 15.1. The van der Waals surface area contributed by atoms with Gasteiger partial charge in [-0.05, 0) is 25.1 Å². The van der Waals surface area contributed by atoms with Crippen LogP contribution in [0.25, 0.3) is 22.2 Å². The molecular weight excluding hydrogens is 435 g/mol. The molecule has 0 saturated heterocycles. The largest absolute Gasteiger partial charge is 0.345 e. The van der Waals surface area contributed by atoms with Gasteiger partial charge in [0.1, 0.15) is 11.5 Å². The summed E-state index contributed by atoms with van der Waals surface area (Å²) in [4.78, 5) is 28.8. The minimum absolute atomic E-state index is 0.203. The first-order valence-corrected chi connectivity index (χ1v) is 10.9. The molecule has 3 heterocycles. The van der Waals surface area contributed by atoms with Crippen LogP contribution in [0.3, 0.4) is 0 Å². The van der Waals surface area contributed by atoms with Gasteiger partial charge in [0.25, 0.3) is 0 Å². The smallest absolute Gasteiger partial charge is 0.301 e. The van der Waals surface area contributed by atoms with Gasteiger partial charge in [0.15, 0.2) is 11.6 Å². The van der Waals surface area contributed by atoms with E-state index in [-0.39, 0.29) is 16.8 Å². The summed E-state index contributed by atoms with van der Waals surface area (Å²) in [5, 5.41) is 0.492. The Balaban J connectivity index is 1.75. The van der Waals surface area contributed by atoms with Crippen molar-refractivity contribution in [2.24, 2.45) is 0 Å². The summed E-state index contributed by atoms with van der Waals surface area (Å²) in [6, 6.07) is 5.71. The third-order valence-corrected chi connectivity index (χ3v) is 6.29. The highest BCUT2D eigenvalue weighted by Crippen LogP contribution is 2.28. The molecule has 3 aromatic heterocycles. The van der Waals surface area contributed by atoms with Gasteiger partial charge in [-0.1, -0.05) is 6.07 Å². The van der Waals surface area contributed by atoms with Crippen molar-refractivity contribution in [3.8, 4) is 11.1 Å². The van der Waals surface area contributed by atoms with Crippen LogP contribution in [0, 0.1) is 12.7 Å². The zero-order valence-electron chi connectivity index (χ0n) is 17.4. The van der Waals surface area contributed by atoms with Crippen molar-refractivity contribution >= 4 is 32.7 Å². The lowest BCUT2D eigenvalue weighted by atomic mass is 10.0. The van der Waals surface area contributed by atoms with Crippen molar-refractivity contribution in [3.05, 3.63) is 71.8 Å². The summed E-state index contributed by atoms with van der Waals surface area (Å²) in [5.41, 5.74) is 1.48. The number of ketones is 1. The molecule has 0 radical (unpaired) electrons. The van der Waals surface area contributed by atoms with Gasteiger partial charge in [-0.2, -0.15) is 12.7 Å². The number of pyridine rings is 1. The molecule has 0 aliphatic carbocycles. The van der Waals surface area contributed by atoms with Crippen LogP contribution in [0.2, 0.25) is 0 Å². The van der Waals surface area contributed by atoms with Crippen LogP contribution in [0.5, 0.6) is 0 Å². The summed E-state index contributed by atoms with van der Waals surface area (Å²) in [6.45, 7) is 1.77. The zero-order valence-corrected chi connectivity index (χ0v) is 18.2. The number of nitrogens with zero attached hydrogens (tertiary/aromatic N) is 4. The van der Waals surface area contributed by atoms with E-state index in [0.717, 1.165) is 9.87 Å². The monoisotopic (exact) mass is 454 g/mol. The highest BCUT2D eigenvalue weighted by molar-refractivity contribution is 7.90. The first-order chi connectivity index (χ1) is 15.2. The SMILES string of the molecule is Cc1ncc(-c2cnc3[nH]cc(C(=O)c4cccc(NS(=O)(=O)N(C)C)c4F)c3c2)cn1. The molecule has 0 saturated carbocycles. The third-order valence-electron chi connectivity index (χ3n) is 4.85. The standard InChI is InChI=1S/C21H19FN6O3S/c1-12-23-9-14(10-24-12)13-7-16-17(11-26-21(16)25-8-13)20(29)15-5-4-6-18(19(15)22)27-32(30,31)28(2)3/h4-11,27H,1-3H3,(H,25,26). The Kier molecular flexibility index (Phi) is 5.45. The Morgan fingerprint density at radius 1 is 1.06 bits per heavy atom. The predicted octanol–water partition coefficient (Wildman–Crippen LogP) is 2.92. The van der Waals surface area contributed by atoms with E-state index in [4.69, 9.17) is 0 Å². The second kappa shape index (κ2) is 8.09. The van der Waals surface area contributed by atoms with E-state index < -0.39 is 21.8 Å². The van der Waals surface area contributed by atoms with Crippen LogP contribution >= 0.6 is 0 Å². The normalized spacial score (nSPS) is 11.8. The number of H-pyrrole nitrogens is 1. The van der Waals surface area contributed by atoms with Gasteiger partial charge in [-0.25, -0.2) is 19.3 Å². The quantitative estimate of drug-likeness (QED) is 0.432. The number of aryl methyl sites for hydroxylation is 1. The van der Waals surface area contributed by atoms with Gasteiger partial charge in [-0.3, -0.25) is 9.52 Å². The molecule has 11 heteroatoms. The molecule has 0 atom stereocenters. The summed E-state index contributed by atoms with van der Waals surface area (Å²) in [7, 11) is -1.32. The van der Waals surface area contributed by atoms with Gasteiger partial charge < -0.3 is 4.98 Å². The average Bonchev–Trinajstić information content (AvgIpc) is 3.18. The fourth-order valence-electron chi connectivity index (χ4n) is 3.05. The highest BCUT2D eigenvalue weighted by Gasteiger charge is 2.23. The Bertz CT molecular complexity index is 1430. The van der Waals surface area contributed by atoms with E-state index >= 15 is 4.39 Å². The topological polar surface area (TPSA) is 121 Å². The van der Waals surface area contributed by atoms with Crippen molar-refractivity contribution in [1.82, 2.24) is 24.2 Å². The van der Waals surface area contributed by atoms with Crippen LogP contribution in [0.4, 0.5) is 10.1 Å². The predicted molar refractivity (Wildman–Crippen MR) is 118 cm³/mol. The molecule has 32 heavy (non-hydrogen) atoms. The van der Waals surface area contributed by atoms with Gasteiger partial charge in [0, 0.05) is 61.0 Å². The lowest BCUT2D eigenvalue weighted by Crippen LogP contribution is -2.29. The van der Waals surface area contributed by atoms with E-state index in [0.29, 0.717) is 22.4 Å². The maximum Gasteiger partial charge on any atom is 0.301 e. The van der Waals surface area contributed by atoms with E-state index in [1.165, 1.54) is 38.5 Å². The zero-order chi connectivity index (χ0) is 23.0. The van der Waals surface area contributed by atoms with Crippen molar-refractivity contribution in [2.75, 3.05) is 18.8 Å². The number of carbonyl (C=O) groups is 1. The fraction of sp³-hybridized carbons (Fsp3) is 0.143. The number of fused-ring (bicyclic) bond motifs is 1. The van der Waals surface area contributed by atoms with Gasteiger partial charge in [-0.15, -0.1) is 0 Å². The minimum atomic E-state index is -3.94. The number of hydrogen-bond donors (Lipinski definition) is 2. The van der Waals surface area contributed by atoms with Crippen molar-refractivity contribution in [2.45, 2.75) is 6.92 Å². The number of benzene rings is 1. The van der Waals surface area contributed by atoms with E-state index in [1.807, 2.05) is 0 Å². The molecule has 2 N–H and O–H groups in total. The average molecular weight is 454 g/mol. The molecule has 164 valence electrons. The summed E-state index contributed by atoms with van der Waals surface area (Å²) < 4.78 is 42.3. The first-order valence-electron chi connectivity index (χ1n) is 9.47. The van der Waals surface area contributed by atoms with Gasteiger partial charge in [0.05, 0.1) is 11.3 Å². The van der Waals surface area contributed by atoms with Crippen LogP contribution in [0.15, 0.2) is 49.1 Å². The molecular formula is C21H19FN6O3S. The van der Waals surface area contributed by atoms with E-state index in [9.17, 15) is 13.2 Å². The van der Waals surface area contributed by atoms with Crippen molar-refractivity contribution in [3.63, 3.8) is 0 Å². The lowest BCUT2D eigenvalue weighted by Gasteiger charge is -2.14. The molecule has 4 aromatic rings. The number of aromatic amines is 1. The summed E-state index contributed by atoms with van der Waals surface area (Å²) in [5.74, 6) is -0.951. The van der Waals surface area contributed by atoms with Crippen LogP contribution in [0.1, 0.15) is 21.7 Å². The Labute approximate surface area is 183 Å². The second-order valence-electron chi connectivity index (χ2n) is 7.23. The Morgan fingerprint density at radius 2 is 1.75 bits per heavy atom. The summed E-state index contributed by atoms with van der Waals surface area (Å²) in [6.07, 6.45) is 6.38. The van der Waals surface area contributed by atoms with Crippen molar-refractivity contribution < 1.29 is 17.6 Å². The molecule has 1 aromatic carbocycles. The molecule has 4 rings (SSSR count). The molecule has 0 aliphatic rings. The van der Waals surface area contributed by atoms with Crippen LogP contribution in [-0.4, -0.2) is 52.5 Å². The molecule has 0 spiro atoms. The third kappa shape index (κ3) is 3.95. The number of halogens is 1. The van der Waals surface area contributed by atoms with Crippen LogP contribution in [-0.2, 0) is 10.2 Å². The molecule has 0 unspecified atom stereocenters. The van der Waals surface area contributed by atoms with E-state index in [2.05, 4.69) is 24.7 Å². The molecule has 0 fully saturated rings. The summed E-state index contributed by atoms with van der Waals surface area (Å²) >= 11 is 0. The van der Waals surface area contributed by atoms with Crippen LogP contribution < -0.4 is 4.72 Å². The molecule has 0 amide bonds.